The molecule has 1 fully saturated rings. The lowest BCUT2D eigenvalue weighted by Crippen LogP contribution is -2.47. The summed E-state index contributed by atoms with van der Waals surface area (Å²) in [5, 5.41) is 2.50. The highest BCUT2D eigenvalue weighted by atomic mass is 32.2. The van der Waals surface area contributed by atoms with Gasteiger partial charge in [-0.25, -0.2) is 18.0 Å². The van der Waals surface area contributed by atoms with Gasteiger partial charge in [0.05, 0.1) is 18.6 Å². The molecule has 1 saturated heterocycles. The minimum absolute atomic E-state index is 0.120. The summed E-state index contributed by atoms with van der Waals surface area (Å²) in [5.41, 5.74) is -0.661. The molecular weight excluding hydrogens is 324 g/mol. The number of hydrogen-bond acceptors (Lipinski definition) is 7. The first-order chi connectivity index (χ1) is 10.5. The number of rotatable bonds is 5. The first-order valence-electron chi connectivity index (χ1n) is 7.52. The van der Waals surface area contributed by atoms with E-state index in [0.717, 1.165) is 0 Å². The Morgan fingerprint density at radius 1 is 1.22 bits per heavy atom. The molecule has 0 spiro atoms. The van der Waals surface area contributed by atoms with Gasteiger partial charge >= 0.3 is 12.1 Å². The van der Waals surface area contributed by atoms with E-state index in [1.807, 2.05) is 4.90 Å². The maximum atomic E-state index is 11.8. The molecule has 0 aromatic heterocycles. The molecule has 0 saturated carbocycles. The van der Waals surface area contributed by atoms with Crippen LogP contribution in [0.3, 0.4) is 0 Å². The van der Waals surface area contributed by atoms with Crippen LogP contribution in [0.25, 0.3) is 0 Å². The van der Waals surface area contributed by atoms with E-state index in [2.05, 4.69) is 5.32 Å². The number of amides is 1. The summed E-state index contributed by atoms with van der Waals surface area (Å²) in [7, 11) is -1.69. The lowest BCUT2D eigenvalue weighted by molar-refractivity contribution is -0.143. The Kier molecular flexibility index (Phi) is 6.82. The number of carbonyl (C=O) groups excluding carboxylic acids is 2. The van der Waals surface area contributed by atoms with Crippen LogP contribution in [-0.2, 0) is 24.1 Å². The zero-order valence-electron chi connectivity index (χ0n) is 14.1. The number of hydrogen-bond donors (Lipinski definition) is 1. The van der Waals surface area contributed by atoms with Crippen molar-refractivity contribution in [1.29, 1.82) is 0 Å². The van der Waals surface area contributed by atoms with E-state index in [9.17, 15) is 18.0 Å². The molecule has 9 heteroatoms. The normalized spacial score (nSPS) is 19.7. The maximum Gasteiger partial charge on any atom is 0.408 e. The SMILES string of the molecule is COC(=O)[C@H](CCN1CCS(=O)(=O)CC1)NC(=O)OC(C)(C)C. The number of ether oxygens (including phenoxy) is 2. The van der Waals surface area contributed by atoms with Gasteiger partial charge in [0.2, 0.25) is 0 Å². The van der Waals surface area contributed by atoms with Gasteiger partial charge in [-0.2, -0.15) is 0 Å². The number of carbonyl (C=O) groups is 2. The standard InChI is InChI=1S/C14H26N2O6S/c1-14(2,3)22-13(18)15-11(12(17)21-4)5-6-16-7-9-23(19,20)10-8-16/h11H,5-10H2,1-4H3,(H,15,18)/t11-/m0/s1. The number of nitrogens with one attached hydrogen (secondary N) is 1. The van der Waals surface area contributed by atoms with Crippen LogP contribution < -0.4 is 5.32 Å². The van der Waals surface area contributed by atoms with Crippen LogP contribution in [0.5, 0.6) is 0 Å². The van der Waals surface area contributed by atoms with E-state index in [0.29, 0.717) is 26.1 Å². The van der Waals surface area contributed by atoms with Gasteiger partial charge in [0.15, 0.2) is 9.84 Å². The smallest absolute Gasteiger partial charge is 0.408 e. The monoisotopic (exact) mass is 350 g/mol. The second-order valence-electron chi connectivity index (χ2n) is 6.50. The predicted octanol–water partition coefficient (Wildman–Crippen LogP) is 0.173. The predicted molar refractivity (Wildman–Crippen MR) is 84.9 cm³/mol. The molecule has 1 atom stereocenters. The van der Waals surface area contributed by atoms with Crippen LogP contribution >= 0.6 is 0 Å². The number of nitrogens with zero attached hydrogens (tertiary/aromatic N) is 1. The quantitative estimate of drug-likeness (QED) is 0.705. The van der Waals surface area contributed by atoms with Crippen molar-refractivity contribution in [3.63, 3.8) is 0 Å². The van der Waals surface area contributed by atoms with E-state index < -0.39 is 33.5 Å². The van der Waals surface area contributed by atoms with E-state index in [4.69, 9.17) is 9.47 Å². The highest BCUT2D eigenvalue weighted by molar-refractivity contribution is 7.91. The fourth-order valence-corrected chi connectivity index (χ4v) is 3.40. The molecule has 1 N–H and O–H groups in total. The summed E-state index contributed by atoms with van der Waals surface area (Å²) in [5.74, 6) is -0.314. The Labute approximate surface area is 137 Å². The van der Waals surface area contributed by atoms with Gasteiger partial charge in [-0.3, -0.25) is 0 Å². The first kappa shape index (κ1) is 19.7. The molecule has 1 aliphatic heterocycles. The van der Waals surface area contributed by atoms with Crippen LogP contribution in [0.2, 0.25) is 0 Å². The summed E-state index contributed by atoms with van der Waals surface area (Å²) in [4.78, 5) is 25.5. The molecule has 0 aromatic carbocycles. The number of esters is 1. The summed E-state index contributed by atoms with van der Waals surface area (Å²) in [6.45, 7) is 6.55. The third-order valence-corrected chi connectivity index (χ3v) is 4.96. The lowest BCUT2D eigenvalue weighted by Gasteiger charge is -2.28. The molecule has 0 radical (unpaired) electrons. The molecule has 8 nitrogen and oxygen atoms in total. The number of alkyl carbamates (subject to hydrolysis) is 1. The van der Waals surface area contributed by atoms with Crippen LogP contribution in [0.4, 0.5) is 4.79 Å². The van der Waals surface area contributed by atoms with E-state index >= 15 is 0 Å². The molecule has 0 aliphatic carbocycles. The van der Waals surface area contributed by atoms with Crippen LogP contribution in [0.15, 0.2) is 0 Å². The highest BCUT2D eigenvalue weighted by Crippen LogP contribution is 2.09. The van der Waals surface area contributed by atoms with Gasteiger partial charge in [0.25, 0.3) is 0 Å². The van der Waals surface area contributed by atoms with Gasteiger partial charge in [0.1, 0.15) is 11.6 Å². The fraction of sp³-hybridized carbons (Fsp3) is 0.857. The number of sulfone groups is 1. The summed E-state index contributed by atoms with van der Waals surface area (Å²) >= 11 is 0. The van der Waals surface area contributed by atoms with Crippen molar-refractivity contribution in [2.24, 2.45) is 0 Å². The Bertz CT molecular complexity index is 512. The molecule has 0 aromatic rings. The van der Waals surface area contributed by atoms with Gasteiger partial charge in [-0.15, -0.1) is 0 Å². The lowest BCUT2D eigenvalue weighted by atomic mass is 10.2. The molecule has 1 aliphatic rings. The van der Waals surface area contributed by atoms with Crippen LogP contribution in [-0.4, -0.2) is 75.3 Å². The molecule has 0 unspecified atom stereocenters. The van der Waals surface area contributed by atoms with Crippen molar-refractivity contribution >= 4 is 21.9 Å². The maximum absolute atomic E-state index is 11.8. The molecule has 23 heavy (non-hydrogen) atoms. The Hall–Kier alpha value is -1.35. The van der Waals surface area contributed by atoms with E-state index in [1.54, 1.807) is 20.8 Å². The average molecular weight is 350 g/mol. The van der Waals surface area contributed by atoms with Gasteiger partial charge in [-0.1, -0.05) is 0 Å². The van der Waals surface area contributed by atoms with Gasteiger partial charge < -0.3 is 19.7 Å². The van der Waals surface area contributed by atoms with Gasteiger partial charge in [0, 0.05) is 19.6 Å². The molecule has 1 heterocycles. The zero-order chi connectivity index (χ0) is 17.7. The van der Waals surface area contributed by atoms with Crippen molar-refractivity contribution in [2.45, 2.75) is 38.8 Å². The van der Waals surface area contributed by atoms with Crippen molar-refractivity contribution < 1.29 is 27.5 Å². The molecule has 0 bridgehead atoms. The Morgan fingerprint density at radius 3 is 2.26 bits per heavy atom. The second-order valence-corrected chi connectivity index (χ2v) is 8.81. The molecule has 1 amide bonds. The third-order valence-electron chi connectivity index (χ3n) is 3.35. The minimum Gasteiger partial charge on any atom is -0.467 e. The summed E-state index contributed by atoms with van der Waals surface area (Å²) in [6, 6.07) is -0.826. The average Bonchev–Trinajstić information content (AvgIpc) is 2.41. The Balaban J connectivity index is 2.52. The number of methoxy groups -OCH3 is 1. The molecular formula is C14H26N2O6S. The molecule has 1 rings (SSSR count). The second kappa shape index (κ2) is 7.96. The Morgan fingerprint density at radius 2 is 1.78 bits per heavy atom. The summed E-state index contributed by atoms with van der Waals surface area (Å²) < 4.78 is 32.6. The van der Waals surface area contributed by atoms with Gasteiger partial charge in [-0.05, 0) is 27.2 Å². The summed E-state index contributed by atoms with van der Waals surface area (Å²) in [6.07, 6.45) is -0.361. The first-order valence-corrected chi connectivity index (χ1v) is 9.35. The largest absolute Gasteiger partial charge is 0.467 e. The van der Waals surface area contributed by atoms with Crippen molar-refractivity contribution in [3.05, 3.63) is 0 Å². The van der Waals surface area contributed by atoms with Crippen molar-refractivity contribution in [2.75, 3.05) is 38.2 Å². The topological polar surface area (TPSA) is 102 Å². The third kappa shape index (κ3) is 7.65. The fourth-order valence-electron chi connectivity index (χ4n) is 2.13. The minimum atomic E-state index is -2.94. The van der Waals surface area contributed by atoms with Crippen LogP contribution in [0.1, 0.15) is 27.2 Å². The van der Waals surface area contributed by atoms with E-state index in [-0.39, 0.29) is 11.5 Å². The molecule has 134 valence electrons. The highest BCUT2D eigenvalue weighted by Gasteiger charge is 2.27. The van der Waals surface area contributed by atoms with Crippen molar-refractivity contribution in [1.82, 2.24) is 10.2 Å². The van der Waals surface area contributed by atoms with Crippen molar-refractivity contribution in [3.8, 4) is 0 Å². The zero-order valence-corrected chi connectivity index (χ0v) is 14.9. The van der Waals surface area contributed by atoms with Crippen LogP contribution in [0, 0.1) is 0 Å². The van der Waals surface area contributed by atoms with E-state index in [1.165, 1.54) is 7.11 Å².